The van der Waals surface area contributed by atoms with Crippen molar-refractivity contribution in [1.29, 1.82) is 0 Å². The van der Waals surface area contributed by atoms with Crippen LogP contribution in [0.25, 0.3) is 11.4 Å². The first-order valence-corrected chi connectivity index (χ1v) is 13.1. The van der Waals surface area contributed by atoms with E-state index in [4.69, 9.17) is 16.3 Å². The lowest BCUT2D eigenvalue weighted by molar-refractivity contribution is 0.102. The van der Waals surface area contributed by atoms with E-state index in [0.29, 0.717) is 35.0 Å². The van der Waals surface area contributed by atoms with E-state index in [-0.39, 0.29) is 10.7 Å². The Labute approximate surface area is 205 Å². The highest BCUT2D eigenvalue weighted by atomic mass is 35.5. The topological polar surface area (TPSA) is 115 Å². The molecule has 0 radical (unpaired) electrons. The van der Waals surface area contributed by atoms with Crippen LogP contribution in [0.5, 0.6) is 5.75 Å². The van der Waals surface area contributed by atoms with Crippen molar-refractivity contribution < 1.29 is 17.9 Å². The number of sulfonamides is 1. The van der Waals surface area contributed by atoms with Gasteiger partial charge in [0.2, 0.25) is 10.0 Å². The van der Waals surface area contributed by atoms with Crippen LogP contribution in [0.3, 0.4) is 0 Å². The number of nitrogens with zero attached hydrogens (tertiary/aromatic N) is 3. The predicted molar refractivity (Wildman–Crippen MR) is 133 cm³/mol. The average molecular weight is 518 g/mol. The third-order valence-electron chi connectivity index (χ3n) is 4.57. The summed E-state index contributed by atoms with van der Waals surface area (Å²) in [6.45, 7) is 0.312. The van der Waals surface area contributed by atoms with Crippen LogP contribution < -0.4 is 14.8 Å². The molecule has 0 saturated heterocycles. The highest BCUT2D eigenvalue weighted by molar-refractivity contribution is 7.92. The zero-order valence-electron chi connectivity index (χ0n) is 18.1. The zero-order valence-corrected chi connectivity index (χ0v) is 20.5. The minimum atomic E-state index is -3.49. The van der Waals surface area contributed by atoms with Crippen molar-refractivity contribution in [3.63, 3.8) is 0 Å². The number of hydrogen-bond acceptors (Lipinski definition) is 7. The van der Waals surface area contributed by atoms with Crippen molar-refractivity contribution in [2.45, 2.75) is 6.61 Å². The molecule has 3 heterocycles. The van der Waals surface area contributed by atoms with Gasteiger partial charge in [-0.1, -0.05) is 11.6 Å². The maximum absolute atomic E-state index is 12.9. The summed E-state index contributed by atoms with van der Waals surface area (Å²) >= 11 is 7.58. The molecule has 4 aromatic rings. The van der Waals surface area contributed by atoms with Gasteiger partial charge in [-0.05, 0) is 36.4 Å². The van der Waals surface area contributed by atoms with Crippen LogP contribution in [0.15, 0.2) is 60.4 Å². The first-order valence-electron chi connectivity index (χ1n) is 9.90. The number of pyridine rings is 1. The summed E-state index contributed by atoms with van der Waals surface area (Å²) in [4.78, 5) is 21.6. The molecule has 12 heteroatoms. The van der Waals surface area contributed by atoms with Crippen LogP contribution in [-0.4, -0.2) is 35.1 Å². The molecule has 0 aliphatic rings. The summed E-state index contributed by atoms with van der Waals surface area (Å²) in [5, 5.41) is 5.74. The molecule has 0 bridgehead atoms. The first-order chi connectivity index (χ1) is 16.2. The lowest BCUT2D eigenvalue weighted by Crippen LogP contribution is -2.13. The summed E-state index contributed by atoms with van der Waals surface area (Å²) < 4.78 is 33.1. The lowest BCUT2D eigenvalue weighted by atomic mass is 10.2. The molecule has 0 unspecified atom stereocenters. The number of aryl methyl sites for hydroxylation is 1. The van der Waals surface area contributed by atoms with Gasteiger partial charge >= 0.3 is 0 Å². The Hall–Kier alpha value is -3.41. The predicted octanol–water partition coefficient (Wildman–Crippen LogP) is 4.40. The van der Waals surface area contributed by atoms with E-state index in [0.717, 1.165) is 11.3 Å². The van der Waals surface area contributed by atoms with E-state index >= 15 is 0 Å². The number of benzene rings is 1. The number of thiazole rings is 1. The van der Waals surface area contributed by atoms with Gasteiger partial charge in [-0.25, -0.2) is 13.4 Å². The molecule has 34 heavy (non-hydrogen) atoms. The average Bonchev–Trinajstić information content (AvgIpc) is 3.40. The van der Waals surface area contributed by atoms with Gasteiger partial charge in [0.05, 0.1) is 23.2 Å². The highest BCUT2D eigenvalue weighted by Crippen LogP contribution is 2.30. The SMILES string of the molecule is Cn1cc(C(=O)Nc2cc(Cl)cc(NS(C)(=O)=O)c2)cc1-c1ncccc1OCc1nccs1. The molecule has 2 N–H and O–H groups in total. The molecule has 0 saturated carbocycles. The maximum Gasteiger partial charge on any atom is 0.257 e. The van der Waals surface area contributed by atoms with Crippen LogP contribution in [0.2, 0.25) is 5.02 Å². The summed E-state index contributed by atoms with van der Waals surface area (Å²) in [7, 11) is -1.69. The number of nitrogens with one attached hydrogen (secondary N) is 2. The van der Waals surface area contributed by atoms with Gasteiger partial charge < -0.3 is 14.6 Å². The smallest absolute Gasteiger partial charge is 0.257 e. The fourth-order valence-electron chi connectivity index (χ4n) is 3.23. The minimum absolute atomic E-state index is 0.245. The van der Waals surface area contributed by atoms with Crippen LogP contribution in [-0.2, 0) is 23.7 Å². The summed E-state index contributed by atoms with van der Waals surface area (Å²) in [5.41, 5.74) is 2.24. The molecule has 0 aliphatic carbocycles. The van der Waals surface area contributed by atoms with E-state index in [1.807, 2.05) is 11.4 Å². The maximum atomic E-state index is 12.9. The fraction of sp³-hybridized carbons (Fsp3) is 0.136. The van der Waals surface area contributed by atoms with E-state index in [1.54, 1.807) is 42.3 Å². The number of aromatic nitrogens is 3. The fourth-order valence-corrected chi connectivity index (χ4v) is 4.53. The Balaban J connectivity index is 1.55. The third kappa shape index (κ3) is 5.93. The van der Waals surface area contributed by atoms with E-state index < -0.39 is 15.9 Å². The van der Waals surface area contributed by atoms with Gasteiger partial charge in [0, 0.05) is 41.7 Å². The number of hydrogen-bond donors (Lipinski definition) is 2. The monoisotopic (exact) mass is 517 g/mol. The molecule has 0 aliphatic heterocycles. The van der Waals surface area contributed by atoms with Crippen molar-refractivity contribution in [2.75, 3.05) is 16.3 Å². The number of carbonyl (C=O) groups is 1. The molecule has 4 rings (SSSR count). The lowest BCUT2D eigenvalue weighted by Gasteiger charge is -2.10. The van der Waals surface area contributed by atoms with Crippen LogP contribution >= 0.6 is 22.9 Å². The Morgan fingerprint density at radius 2 is 1.97 bits per heavy atom. The zero-order chi connectivity index (χ0) is 24.3. The van der Waals surface area contributed by atoms with Crippen LogP contribution in [0, 0.1) is 0 Å². The molecular weight excluding hydrogens is 498 g/mol. The van der Waals surface area contributed by atoms with Gasteiger partial charge in [-0.15, -0.1) is 11.3 Å². The highest BCUT2D eigenvalue weighted by Gasteiger charge is 2.17. The van der Waals surface area contributed by atoms with E-state index in [9.17, 15) is 13.2 Å². The number of rotatable bonds is 8. The second-order valence-corrected chi connectivity index (χ2v) is 10.5. The number of carbonyl (C=O) groups excluding carboxylic acids is 1. The van der Waals surface area contributed by atoms with Crippen LogP contribution in [0.4, 0.5) is 11.4 Å². The quantitative estimate of drug-likeness (QED) is 0.358. The molecular formula is C22H20ClN5O4S2. The summed E-state index contributed by atoms with van der Waals surface area (Å²) in [6.07, 6.45) is 6.07. The number of halogens is 1. The first kappa shape index (κ1) is 23.7. The normalized spacial score (nSPS) is 11.3. The molecule has 1 amide bonds. The number of ether oxygens (including phenoxy) is 1. The van der Waals surface area contributed by atoms with Gasteiger partial charge in [0.15, 0.2) is 0 Å². The standard InChI is InChI=1S/C22H20ClN5O4S2/c1-28-12-14(22(29)26-16-9-15(23)10-17(11-16)27-34(2,30)31)8-18(28)21-19(4-3-5-25-21)32-13-20-24-6-7-33-20/h3-12,27H,13H2,1-2H3,(H,26,29). The number of amides is 1. The van der Waals surface area contributed by atoms with Crippen molar-refractivity contribution in [3.8, 4) is 17.1 Å². The number of anilines is 2. The Morgan fingerprint density at radius 3 is 2.71 bits per heavy atom. The summed E-state index contributed by atoms with van der Waals surface area (Å²) in [5.74, 6) is 0.174. The van der Waals surface area contributed by atoms with Gasteiger partial charge in [0.1, 0.15) is 23.1 Å². The molecule has 176 valence electrons. The molecule has 1 aromatic carbocycles. The Morgan fingerprint density at radius 1 is 1.18 bits per heavy atom. The van der Waals surface area contributed by atoms with Crippen molar-refractivity contribution in [2.24, 2.45) is 7.05 Å². The molecule has 0 atom stereocenters. The van der Waals surface area contributed by atoms with Crippen molar-refractivity contribution in [1.82, 2.24) is 14.5 Å². The molecule has 0 spiro atoms. The van der Waals surface area contributed by atoms with Gasteiger partial charge in [-0.3, -0.25) is 14.5 Å². The molecule has 3 aromatic heterocycles. The van der Waals surface area contributed by atoms with E-state index in [1.165, 1.54) is 29.5 Å². The molecule has 9 nitrogen and oxygen atoms in total. The van der Waals surface area contributed by atoms with Crippen LogP contribution in [0.1, 0.15) is 15.4 Å². The second kappa shape index (κ2) is 9.84. The van der Waals surface area contributed by atoms with E-state index in [2.05, 4.69) is 20.0 Å². The largest absolute Gasteiger partial charge is 0.484 e. The Bertz CT molecular complexity index is 1440. The third-order valence-corrected chi connectivity index (χ3v) is 6.15. The molecule has 0 fully saturated rings. The van der Waals surface area contributed by atoms with Crippen molar-refractivity contribution >= 4 is 50.2 Å². The summed E-state index contributed by atoms with van der Waals surface area (Å²) in [6, 6.07) is 9.75. The minimum Gasteiger partial charge on any atom is -0.484 e. The van der Waals surface area contributed by atoms with Gasteiger partial charge in [0.25, 0.3) is 5.91 Å². The second-order valence-electron chi connectivity index (χ2n) is 7.35. The van der Waals surface area contributed by atoms with Gasteiger partial charge in [-0.2, -0.15) is 0 Å². The van der Waals surface area contributed by atoms with Crippen molar-refractivity contribution in [3.05, 3.63) is 76.0 Å². The Kier molecular flexibility index (Phi) is 6.87.